The Bertz CT molecular complexity index is 288. The summed E-state index contributed by atoms with van der Waals surface area (Å²) < 4.78 is 0. The van der Waals surface area contributed by atoms with E-state index in [1.165, 1.54) is 11.1 Å². The van der Waals surface area contributed by atoms with E-state index in [2.05, 4.69) is 61.0 Å². The smallest absolute Gasteiger partial charge is 0.0132 e. The highest BCUT2D eigenvalue weighted by atomic mass is 79.9. The molecule has 0 bridgehead atoms. The Labute approximate surface area is 88.8 Å². The molecular formula is C12H15Br. The molecule has 0 heterocycles. The normalized spacial score (nSPS) is 12.3. The number of benzene rings is 1. The fourth-order valence-electron chi connectivity index (χ4n) is 1.17. The highest BCUT2D eigenvalue weighted by Gasteiger charge is 2.12. The van der Waals surface area contributed by atoms with Crippen molar-refractivity contribution >= 4 is 22.0 Å². The van der Waals surface area contributed by atoms with Crippen LogP contribution in [0.4, 0.5) is 0 Å². The Morgan fingerprint density at radius 3 is 2.00 bits per heavy atom. The number of hydrogen-bond acceptors (Lipinski definition) is 0. The Morgan fingerprint density at radius 2 is 1.62 bits per heavy atom. The second-order valence-corrected chi connectivity index (χ2v) is 4.69. The molecular weight excluding hydrogens is 224 g/mol. The molecule has 1 rings (SSSR count). The summed E-state index contributed by atoms with van der Waals surface area (Å²) >= 11 is 3.26. The van der Waals surface area contributed by atoms with Gasteiger partial charge in [-0.25, -0.2) is 0 Å². The van der Waals surface area contributed by atoms with Crippen molar-refractivity contribution in [3.8, 4) is 0 Å². The lowest BCUT2D eigenvalue weighted by Gasteiger charge is -2.18. The number of halogens is 1. The van der Waals surface area contributed by atoms with Crippen molar-refractivity contribution < 1.29 is 0 Å². The van der Waals surface area contributed by atoms with E-state index in [4.69, 9.17) is 0 Å². The van der Waals surface area contributed by atoms with Crippen LogP contribution in [-0.2, 0) is 5.41 Å². The molecule has 0 saturated carbocycles. The molecule has 1 aromatic rings. The fraction of sp³-hybridized carbons (Fsp3) is 0.333. The van der Waals surface area contributed by atoms with Crippen molar-refractivity contribution in [2.24, 2.45) is 0 Å². The highest BCUT2D eigenvalue weighted by Crippen LogP contribution is 2.22. The second-order valence-electron chi connectivity index (χ2n) is 4.16. The molecule has 1 aromatic carbocycles. The van der Waals surface area contributed by atoms with Crippen LogP contribution in [0, 0.1) is 0 Å². The van der Waals surface area contributed by atoms with Crippen molar-refractivity contribution in [2.75, 3.05) is 0 Å². The number of hydrogen-bond donors (Lipinski definition) is 0. The lowest BCUT2D eigenvalue weighted by atomic mass is 9.87. The first-order valence-corrected chi connectivity index (χ1v) is 5.33. The molecule has 0 spiro atoms. The summed E-state index contributed by atoms with van der Waals surface area (Å²) in [4.78, 5) is 1.87. The first kappa shape index (κ1) is 10.5. The average Bonchev–Trinajstić information content (AvgIpc) is 2.04. The van der Waals surface area contributed by atoms with Crippen molar-refractivity contribution in [2.45, 2.75) is 26.2 Å². The summed E-state index contributed by atoms with van der Waals surface area (Å²) in [7, 11) is 0. The predicted molar refractivity (Wildman–Crippen MR) is 63.1 cm³/mol. The number of rotatable bonds is 1. The van der Waals surface area contributed by atoms with Gasteiger partial charge in [0, 0.05) is 0 Å². The van der Waals surface area contributed by atoms with Gasteiger partial charge in [0.25, 0.3) is 0 Å². The standard InChI is InChI=1S/C12H15Br/c1-12(2,3)11-6-4-10(5-7-11)8-9-13/h4-9H,1-3H3/b9-8+. The Balaban J connectivity index is 2.94. The van der Waals surface area contributed by atoms with Crippen molar-refractivity contribution in [1.82, 2.24) is 0 Å². The summed E-state index contributed by atoms with van der Waals surface area (Å²) in [6.45, 7) is 6.67. The van der Waals surface area contributed by atoms with Crippen LogP contribution >= 0.6 is 15.9 Å². The van der Waals surface area contributed by atoms with E-state index >= 15 is 0 Å². The van der Waals surface area contributed by atoms with E-state index < -0.39 is 0 Å². The molecule has 0 saturated heterocycles. The molecule has 0 amide bonds. The first-order chi connectivity index (χ1) is 6.04. The molecule has 0 aliphatic carbocycles. The van der Waals surface area contributed by atoms with Crippen LogP contribution in [0.25, 0.3) is 6.08 Å². The van der Waals surface area contributed by atoms with Gasteiger partial charge in [0.05, 0.1) is 0 Å². The van der Waals surface area contributed by atoms with Crippen LogP contribution in [0.15, 0.2) is 29.3 Å². The fourth-order valence-corrected chi connectivity index (χ4v) is 1.47. The topological polar surface area (TPSA) is 0 Å². The van der Waals surface area contributed by atoms with Crippen molar-refractivity contribution in [1.29, 1.82) is 0 Å². The maximum Gasteiger partial charge on any atom is -0.0132 e. The van der Waals surface area contributed by atoms with Crippen LogP contribution < -0.4 is 0 Å². The van der Waals surface area contributed by atoms with Gasteiger partial charge in [-0.2, -0.15) is 0 Å². The first-order valence-electron chi connectivity index (χ1n) is 4.41. The van der Waals surface area contributed by atoms with Crippen LogP contribution in [0.1, 0.15) is 31.9 Å². The molecule has 0 fully saturated rings. The van der Waals surface area contributed by atoms with Crippen molar-refractivity contribution in [3.05, 3.63) is 40.4 Å². The van der Waals surface area contributed by atoms with Gasteiger partial charge >= 0.3 is 0 Å². The molecule has 1 heteroatoms. The van der Waals surface area contributed by atoms with Crippen LogP contribution in [0.5, 0.6) is 0 Å². The van der Waals surface area contributed by atoms with Gasteiger partial charge in [0.2, 0.25) is 0 Å². The molecule has 0 radical (unpaired) electrons. The lowest BCUT2D eigenvalue weighted by Crippen LogP contribution is -2.10. The van der Waals surface area contributed by atoms with E-state index in [1.807, 2.05) is 11.1 Å². The zero-order valence-electron chi connectivity index (χ0n) is 8.34. The van der Waals surface area contributed by atoms with Crippen LogP contribution in [-0.4, -0.2) is 0 Å². The molecule has 0 N–H and O–H groups in total. The summed E-state index contributed by atoms with van der Waals surface area (Å²) in [5.74, 6) is 0. The molecule has 0 unspecified atom stereocenters. The maximum absolute atomic E-state index is 3.26. The Morgan fingerprint density at radius 1 is 1.08 bits per heavy atom. The van der Waals surface area contributed by atoms with Crippen LogP contribution in [0.3, 0.4) is 0 Å². The SMILES string of the molecule is CC(C)(C)c1ccc(/C=C/Br)cc1. The van der Waals surface area contributed by atoms with E-state index in [0.717, 1.165) is 0 Å². The van der Waals surface area contributed by atoms with Crippen LogP contribution in [0.2, 0.25) is 0 Å². The van der Waals surface area contributed by atoms with Gasteiger partial charge in [-0.05, 0) is 27.6 Å². The van der Waals surface area contributed by atoms with Crippen molar-refractivity contribution in [3.63, 3.8) is 0 Å². The summed E-state index contributed by atoms with van der Waals surface area (Å²) in [5, 5.41) is 0. The predicted octanol–water partition coefficient (Wildman–Crippen LogP) is 4.35. The third-order valence-corrected chi connectivity index (χ3v) is 2.30. The van der Waals surface area contributed by atoms with Gasteiger partial charge in [-0.1, -0.05) is 61.0 Å². The maximum atomic E-state index is 3.26. The summed E-state index contributed by atoms with van der Waals surface area (Å²) in [5.41, 5.74) is 2.85. The Hall–Kier alpha value is -0.560. The molecule has 0 aliphatic rings. The van der Waals surface area contributed by atoms with E-state index in [0.29, 0.717) is 0 Å². The van der Waals surface area contributed by atoms with Gasteiger partial charge in [0.1, 0.15) is 0 Å². The minimum atomic E-state index is 0.247. The largest absolute Gasteiger partial charge is 0.0595 e. The molecule has 0 aliphatic heterocycles. The van der Waals surface area contributed by atoms with Gasteiger partial charge in [-0.3, -0.25) is 0 Å². The molecule has 0 atom stereocenters. The van der Waals surface area contributed by atoms with E-state index in [9.17, 15) is 0 Å². The minimum Gasteiger partial charge on any atom is -0.0595 e. The van der Waals surface area contributed by atoms with E-state index in [1.54, 1.807) is 0 Å². The summed E-state index contributed by atoms with van der Waals surface area (Å²) in [6.07, 6.45) is 2.03. The molecule has 13 heavy (non-hydrogen) atoms. The highest BCUT2D eigenvalue weighted by molar-refractivity contribution is 9.11. The summed E-state index contributed by atoms with van der Waals surface area (Å²) in [6, 6.07) is 8.64. The molecule has 70 valence electrons. The van der Waals surface area contributed by atoms with Gasteiger partial charge < -0.3 is 0 Å². The molecule has 0 nitrogen and oxygen atoms in total. The van der Waals surface area contributed by atoms with E-state index in [-0.39, 0.29) is 5.41 Å². The third-order valence-electron chi connectivity index (χ3n) is 2.03. The second kappa shape index (κ2) is 4.10. The zero-order valence-corrected chi connectivity index (χ0v) is 9.93. The zero-order chi connectivity index (χ0) is 9.90. The third kappa shape index (κ3) is 3.00. The van der Waals surface area contributed by atoms with Gasteiger partial charge in [-0.15, -0.1) is 0 Å². The quantitative estimate of drug-likeness (QED) is 0.683. The van der Waals surface area contributed by atoms with Gasteiger partial charge in [0.15, 0.2) is 0 Å². The average molecular weight is 239 g/mol. The lowest BCUT2D eigenvalue weighted by molar-refractivity contribution is 0.590. The monoisotopic (exact) mass is 238 g/mol. The Kier molecular flexibility index (Phi) is 3.32. The minimum absolute atomic E-state index is 0.247. The molecule has 0 aromatic heterocycles.